The number of hydrogen-bond acceptors (Lipinski definition) is 0. The van der Waals surface area contributed by atoms with Crippen molar-refractivity contribution in [3.05, 3.63) is 0 Å². The molecule has 54 valence electrons. The van der Waals surface area contributed by atoms with Gasteiger partial charge in [-0.1, -0.05) is 26.2 Å². The van der Waals surface area contributed by atoms with E-state index >= 15 is 0 Å². The zero-order valence-electron chi connectivity index (χ0n) is 6.23. The molecule has 0 heterocycles. The van der Waals surface area contributed by atoms with Gasteiger partial charge in [-0.25, -0.2) is 0 Å². The molecule has 0 spiro atoms. The summed E-state index contributed by atoms with van der Waals surface area (Å²) in [6.45, 7) is 2.24. The fraction of sp³-hybridized carbons (Fsp3) is 0.750. The Morgan fingerprint density at radius 1 is 1.33 bits per heavy atom. The molecule has 0 fully saturated rings. The van der Waals surface area contributed by atoms with Crippen molar-refractivity contribution >= 4 is 22.2 Å². The molecule has 0 aromatic heterocycles. The second kappa shape index (κ2) is 7.96. The Morgan fingerprint density at radius 2 is 2.11 bits per heavy atom. The maximum absolute atomic E-state index is 3.66. The Labute approximate surface area is 61.8 Å². The molecule has 0 radical (unpaired) electrons. The van der Waals surface area contributed by atoms with Gasteiger partial charge in [-0.3, -0.25) is 0 Å². The average Bonchev–Trinajstić information content (AvgIpc) is 1.89. The van der Waals surface area contributed by atoms with Crippen LogP contribution >= 0.6 is 10.9 Å². The quantitative estimate of drug-likeness (QED) is 0.411. The Bertz CT molecular complexity index is 90.7. The Morgan fingerprint density at radius 3 is 2.67 bits per heavy atom. The molecule has 0 nitrogen and oxygen atoms in total. The minimum Gasteiger partial charge on any atom is -0.165 e. The molecule has 9 heavy (non-hydrogen) atoms. The van der Waals surface area contributed by atoms with E-state index in [1.54, 1.807) is 10.9 Å². The van der Waals surface area contributed by atoms with Gasteiger partial charge in [-0.2, -0.15) is 10.9 Å². The fourth-order valence-corrected chi connectivity index (χ4v) is 1.07. The van der Waals surface area contributed by atoms with Crippen molar-refractivity contribution < 1.29 is 0 Å². The third-order valence-corrected chi connectivity index (χ3v) is 1.76. The van der Waals surface area contributed by atoms with Gasteiger partial charge in [0.15, 0.2) is 0 Å². The van der Waals surface area contributed by atoms with Crippen LogP contribution in [-0.2, 0) is 0 Å². The minimum atomic E-state index is 1.23. The van der Waals surface area contributed by atoms with E-state index in [4.69, 9.17) is 0 Å². The summed E-state index contributed by atoms with van der Waals surface area (Å²) in [6.07, 6.45) is 6.67. The lowest BCUT2D eigenvalue weighted by molar-refractivity contribution is 0.687. The molecule has 0 bridgehead atoms. The van der Waals surface area contributed by atoms with Crippen LogP contribution in [-0.4, -0.2) is 11.2 Å². The van der Waals surface area contributed by atoms with E-state index in [-0.39, 0.29) is 0 Å². The lowest BCUT2D eigenvalue weighted by Crippen LogP contribution is -1.75. The van der Waals surface area contributed by atoms with Gasteiger partial charge < -0.3 is 0 Å². The van der Waals surface area contributed by atoms with E-state index in [1.165, 1.54) is 32.1 Å². The predicted molar refractivity (Wildman–Crippen MR) is 49.5 cm³/mol. The van der Waals surface area contributed by atoms with E-state index in [0.717, 1.165) is 0 Å². The summed E-state index contributed by atoms with van der Waals surface area (Å²) >= 11 is 0. The van der Waals surface area contributed by atoms with Crippen molar-refractivity contribution in [1.82, 2.24) is 0 Å². The van der Waals surface area contributed by atoms with Crippen molar-refractivity contribution in [3.63, 3.8) is 0 Å². The van der Waals surface area contributed by atoms with Gasteiger partial charge in [-0.05, 0) is 24.1 Å². The monoisotopic (exact) mass is 144 g/mol. The molecule has 0 rings (SSSR count). The summed E-state index contributed by atoms with van der Waals surface area (Å²) in [5, 5.41) is 2.18. The molecule has 0 aromatic rings. The van der Waals surface area contributed by atoms with Crippen LogP contribution in [0.25, 0.3) is 0 Å². The van der Waals surface area contributed by atoms with Crippen LogP contribution in [0.5, 0.6) is 0 Å². The molecule has 0 amide bonds. The van der Waals surface area contributed by atoms with Gasteiger partial charge in [0.05, 0.1) is 0 Å². The standard InChI is InChI=1S/C8H16S/c1-3-4-5-6-7-8-9-2/h8H,2-7H2,1H3. The zero-order valence-corrected chi connectivity index (χ0v) is 7.04. The van der Waals surface area contributed by atoms with Crippen molar-refractivity contribution in [2.45, 2.75) is 39.0 Å². The van der Waals surface area contributed by atoms with E-state index in [2.05, 4.69) is 18.2 Å². The molecule has 0 aromatic carbocycles. The van der Waals surface area contributed by atoms with E-state index in [9.17, 15) is 0 Å². The summed E-state index contributed by atoms with van der Waals surface area (Å²) < 4.78 is 0. The Kier molecular flexibility index (Phi) is 7.92. The Balaban J connectivity index is 2.82. The van der Waals surface area contributed by atoms with Crippen LogP contribution in [0.15, 0.2) is 0 Å². The Hall–Kier alpha value is -0.0400. The van der Waals surface area contributed by atoms with Crippen molar-refractivity contribution in [2.24, 2.45) is 0 Å². The van der Waals surface area contributed by atoms with Crippen molar-refractivity contribution in [3.8, 4) is 0 Å². The molecule has 0 N–H and O–H groups in total. The average molecular weight is 144 g/mol. The number of unbranched alkanes of at least 4 members (excludes halogenated alkanes) is 4. The lowest BCUT2D eigenvalue weighted by Gasteiger charge is -1.91. The maximum atomic E-state index is 3.66. The highest BCUT2D eigenvalue weighted by Gasteiger charge is 1.82. The van der Waals surface area contributed by atoms with Crippen molar-refractivity contribution in [2.75, 3.05) is 0 Å². The first-order chi connectivity index (χ1) is 4.41. The highest BCUT2D eigenvalue weighted by Crippen LogP contribution is 2.00. The van der Waals surface area contributed by atoms with Crippen LogP contribution in [0.1, 0.15) is 39.0 Å². The van der Waals surface area contributed by atoms with Crippen molar-refractivity contribution in [1.29, 1.82) is 0 Å². The SMILES string of the molecule is C=S=CCCCCCC. The van der Waals surface area contributed by atoms with Crippen LogP contribution < -0.4 is 0 Å². The fourth-order valence-electron chi connectivity index (χ4n) is 0.738. The van der Waals surface area contributed by atoms with Gasteiger partial charge in [0, 0.05) is 0 Å². The van der Waals surface area contributed by atoms with Gasteiger partial charge in [0.2, 0.25) is 0 Å². The molecule has 0 aliphatic carbocycles. The molecule has 0 atom stereocenters. The highest BCUT2D eigenvalue weighted by molar-refractivity contribution is 7.94. The van der Waals surface area contributed by atoms with Gasteiger partial charge in [-0.15, -0.1) is 0 Å². The van der Waals surface area contributed by atoms with E-state index in [0.29, 0.717) is 0 Å². The first-order valence-electron chi connectivity index (χ1n) is 3.64. The molecule has 0 aliphatic rings. The van der Waals surface area contributed by atoms with E-state index in [1.807, 2.05) is 0 Å². The second-order valence-electron chi connectivity index (χ2n) is 2.18. The smallest absolute Gasteiger partial charge is 0.0254 e. The maximum Gasteiger partial charge on any atom is -0.0254 e. The molecular formula is C8H16S. The van der Waals surface area contributed by atoms with Crippen LogP contribution in [0.2, 0.25) is 0 Å². The van der Waals surface area contributed by atoms with E-state index < -0.39 is 0 Å². The van der Waals surface area contributed by atoms with Crippen LogP contribution in [0, 0.1) is 0 Å². The van der Waals surface area contributed by atoms with Gasteiger partial charge >= 0.3 is 0 Å². The predicted octanol–water partition coefficient (Wildman–Crippen LogP) is 2.92. The summed E-state index contributed by atoms with van der Waals surface area (Å²) in [5.74, 6) is 3.66. The number of hydrogen-bond donors (Lipinski definition) is 0. The van der Waals surface area contributed by atoms with Gasteiger partial charge in [0.1, 0.15) is 0 Å². The third kappa shape index (κ3) is 7.96. The first kappa shape index (κ1) is 8.96. The highest BCUT2D eigenvalue weighted by atomic mass is 32.1. The molecule has 1 heteroatoms. The molecule has 0 unspecified atom stereocenters. The zero-order chi connectivity index (χ0) is 6.95. The summed E-state index contributed by atoms with van der Waals surface area (Å²) in [5.41, 5.74) is 0. The lowest BCUT2D eigenvalue weighted by atomic mass is 10.2. The van der Waals surface area contributed by atoms with Crippen LogP contribution in [0.4, 0.5) is 0 Å². The topological polar surface area (TPSA) is 0 Å². The first-order valence-corrected chi connectivity index (χ1v) is 4.69. The molecular weight excluding hydrogens is 128 g/mol. The molecule has 0 aliphatic heterocycles. The molecule has 0 saturated heterocycles. The van der Waals surface area contributed by atoms with Crippen LogP contribution in [0.3, 0.4) is 0 Å². The number of rotatable bonds is 5. The third-order valence-electron chi connectivity index (χ3n) is 1.29. The summed E-state index contributed by atoms with van der Waals surface area (Å²) in [4.78, 5) is 0. The summed E-state index contributed by atoms with van der Waals surface area (Å²) in [7, 11) is 1.58. The normalized spacial score (nSPS) is 9.00. The molecule has 0 saturated carbocycles. The summed E-state index contributed by atoms with van der Waals surface area (Å²) in [6, 6.07) is 0. The van der Waals surface area contributed by atoms with Gasteiger partial charge in [0.25, 0.3) is 0 Å². The minimum absolute atomic E-state index is 1.23. The largest absolute Gasteiger partial charge is 0.165 e. The second-order valence-corrected chi connectivity index (χ2v) is 2.85.